The first-order chi connectivity index (χ1) is 6.80. The molecule has 0 N–H and O–H groups in total. The number of hydrogen-bond donors (Lipinski definition) is 0. The minimum Gasteiger partial charge on any atom is -0.291 e. The molecule has 0 aromatic heterocycles. The van der Waals surface area contributed by atoms with Crippen LogP contribution in [-0.4, -0.2) is 11.2 Å². The first-order valence-corrected chi connectivity index (χ1v) is 4.22. The summed E-state index contributed by atoms with van der Waals surface area (Å²) in [7, 11) is 0. The van der Waals surface area contributed by atoms with E-state index in [1.807, 2.05) is 0 Å². The van der Waals surface area contributed by atoms with Gasteiger partial charge in [-0.2, -0.15) is 8.78 Å². The molecule has 1 aromatic rings. The van der Waals surface area contributed by atoms with Gasteiger partial charge in [-0.25, -0.2) is 8.78 Å². The van der Waals surface area contributed by atoms with E-state index >= 15 is 0 Å². The van der Waals surface area contributed by atoms with Crippen LogP contribution in [0, 0.1) is 11.6 Å². The Morgan fingerprint density at radius 1 is 1.33 bits per heavy atom. The third-order valence-electron chi connectivity index (χ3n) is 1.68. The molecule has 0 aliphatic heterocycles. The molecule has 0 radical (unpaired) electrons. The lowest BCUT2D eigenvalue weighted by Gasteiger charge is -2.06. The van der Waals surface area contributed by atoms with E-state index in [1.54, 1.807) is 0 Å². The molecule has 82 valence electrons. The lowest BCUT2D eigenvalue weighted by atomic mass is 10.1. The first-order valence-electron chi connectivity index (χ1n) is 3.84. The highest BCUT2D eigenvalue weighted by Gasteiger charge is 2.35. The summed E-state index contributed by atoms with van der Waals surface area (Å²) in [6.07, 6.45) is -0.872. The molecule has 0 saturated carbocycles. The van der Waals surface area contributed by atoms with E-state index in [4.69, 9.17) is 0 Å². The second-order valence-corrected chi connectivity index (χ2v) is 3.31. The van der Waals surface area contributed by atoms with Gasteiger partial charge in [-0.1, -0.05) is 6.07 Å². The minimum atomic E-state index is -4.03. The van der Waals surface area contributed by atoms with Crippen LogP contribution in [0.2, 0.25) is 0 Å². The Bertz CT molecular complexity index is 386. The van der Waals surface area contributed by atoms with Crippen LogP contribution in [0.3, 0.4) is 0 Å². The normalized spacial score (nSPS) is 11.5. The second-order valence-electron chi connectivity index (χ2n) is 2.83. The number of carbonyl (C=O) groups is 1. The molecule has 0 heterocycles. The van der Waals surface area contributed by atoms with E-state index in [2.05, 4.69) is 11.6 Å². The highest BCUT2D eigenvalue weighted by atomic mass is 35.5. The smallest absolute Gasteiger partial charge is 0.291 e. The van der Waals surface area contributed by atoms with E-state index in [-0.39, 0.29) is 5.56 Å². The zero-order valence-corrected chi connectivity index (χ0v) is 7.99. The molecule has 0 saturated heterocycles. The summed E-state index contributed by atoms with van der Waals surface area (Å²) in [6, 6.07) is 2.30. The van der Waals surface area contributed by atoms with Crippen LogP contribution in [0.5, 0.6) is 0 Å². The molecule has 1 nitrogen and oxygen atoms in total. The third-order valence-corrected chi connectivity index (χ3v) is 1.89. The van der Waals surface area contributed by atoms with E-state index in [9.17, 15) is 22.4 Å². The summed E-state index contributed by atoms with van der Waals surface area (Å²) in [5, 5.41) is -4.03. The van der Waals surface area contributed by atoms with Crippen LogP contribution in [0.1, 0.15) is 5.56 Å². The van der Waals surface area contributed by atoms with Gasteiger partial charge in [0.2, 0.25) is 5.78 Å². The maximum Gasteiger partial charge on any atom is 0.380 e. The van der Waals surface area contributed by atoms with E-state index in [0.29, 0.717) is 6.07 Å². The number of alkyl halides is 3. The van der Waals surface area contributed by atoms with Crippen LogP contribution >= 0.6 is 11.6 Å². The summed E-state index contributed by atoms with van der Waals surface area (Å²) < 4.78 is 49.8. The van der Waals surface area contributed by atoms with Gasteiger partial charge in [0.05, 0.1) is 0 Å². The summed E-state index contributed by atoms with van der Waals surface area (Å²) in [5.41, 5.74) is -0.318. The fourth-order valence-corrected chi connectivity index (χ4v) is 1.01. The van der Waals surface area contributed by atoms with Crippen LogP contribution in [0.15, 0.2) is 18.2 Å². The minimum absolute atomic E-state index is 0.318. The van der Waals surface area contributed by atoms with Gasteiger partial charge >= 0.3 is 5.38 Å². The van der Waals surface area contributed by atoms with E-state index in [1.165, 1.54) is 0 Å². The molecule has 1 rings (SSSR count). The number of halogens is 5. The molecular formula is C9H5ClF4O. The number of rotatable bonds is 3. The standard InChI is InChI=1S/C9H5ClF4O/c10-9(13,14)8(15)3-5-1-2-6(11)4-7(5)12/h1-2,4H,3H2. The van der Waals surface area contributed by atoms with Crippen molar-refractivity contribution in [3.63, 3.8) is 0 Å². The van der Waals surface area contributed by atoms with Crippen LogP contribution < -0.4 is 0 Å². The molecule has 0 amide bonds. The number of ketones is 1. The van der Waals surface area contributed by atoms with Gasteiger partial charge in [-0.3, -0.25) is 4.79 Å². The van der Waals surface area contributed by atoms with Crippen molar-refractivity contribution < 1.29 is 22.4 Å². The highest BCUT2D eigenvalue weighted by Crippen LogP contribution is 2.22. The Labute approximate surface area is 87.7 Å². The SMILES string of the molecule is O=C(Cc1ccc(F)cc1F)C(F)(F)Cl. The van der Waals surface area contributed by atoms with Crippen molar-refractivity contribution in [1.29, 1.82) is 0 Å². The van der Waals surface area contributed by atoms with E-state index in [0.717, 1.165) is 12.1 Å². The first kappa shape index (κ1) is 12.0. The van der Waals surface area contributed by atoms with Crippen molar-refractivity contribution in [3.05, 3.63) is 35.4 Å². The van der Waals surface area contributed by atoms with Gasteiger partial charge in [0.1, 0.15) is 11.6 Å². The van der Waals surface area contributed by atoms with Gasteiger partial charge in [0, 0.05) is 12.5 Å². The average molecular weight is 241 g/mol. The predicted octanol–water partition coefficient (Wildman–Crippen LogP) is 2.91. The predicted molar refractivity (Wildman–Crippen MR) is 45.9 cm³/mol. The monoisotopic (exact) mass is 240 g/mol. The zero-order valence-electron chi connectivity index (χ0n) is 7.24. The Morgan fingerprint density at radius 3 is 2.40 bits per heavy atom. The van der Waals surface area contributed by atoms with Crippen molar-refractivity contribution >= 4 is 17.4 Å². The van der Waals surface area contributed by atoms with Crippen LogP contribution in [0.25, 0.3) is 0 Å². The summed E-state index contributed by atoms with van der Waals surface area (Å²) in [4.78, 5) is 10.7. The van der Waals surface area contributed by atoms with Crippen LogP contribution in [-0.2, 0) is 11.2 Å². The van der Waals surface area contributed by atoms with Crippen molar-refractivity contribution in [2.24, 2.45) is 0 Å². The molecule has 0 aliphatic carbocycles. The van der Waals surface area contributed by atoms with Gasteiger partial charge in [-0.05, 0) is 23.2 Å². The topological polar surface area (TPSA) is 17.1 Å². The maximum atomic E-state index is 12.9. The lowest BCUT2D eigenvalue weighted by Crippen LogP contribution is -2.23. The molecule has 15 heavy (non-hydrogen) atoms. The Balaban J connectivity index is 2.87. The zero-order chi connectivity index (χ0) is 11.6. The molecule has 6 heteroatoms. The molecular weight excluding hydrogens is 236 g/mol. The van der Waals surface area contributed by atoms with Gasteiger partial charge in [0.25, 0.3) is 0 Å². The summed E-state index contributed by atoms with van der Waals surface area (Å²) >= 11 is 4.44. The highest BCUT2D eigenvalue weighted by molar-refractivity contribution is 6.32. The lowest BCUT2D eigenvalue weighted by molar-refractivity contribution is -0.132. The fourth-order valence-electron chi connectivity index (χ4n) is 0.938. The number of Topliss-reactive ketones (excluding diaryl/α,β-unsaturated/α-hetero) is 1. The molecule has 0 fully saturated rings. The number of carbonyl (C=O) groups excluding carboxylic acids is 1. The molecule has 0 aliphatic rings. The largest absolute Gasteiger partial charge is 0.380 e. The fraction of sp³-hybridized carbons (Fsp3) is 0.222. The molecule has 0 spiro atoms. The number of benzene rings is 1. The Kier molecular flexibility index (Phi) is 3.34. The summed E-state index contributed by atoms with van der Waals surface area (Å²) in [5.74, 6) is -3.53. The van der Waals surface area contributed by atoms with E-state index < -0.39 is 29.2 Å². The van der Waals surface area contributed by atoms with Crippen molar-refractivity contribution in [2.45, 2.75) is 11.8 Å². The Hall–Kier alpha value is -1.10. The quantitative estimate of drug-likeness (QED) is 0.586. The Morgan fingerprint density at radius 2 is 1.93 bits per heavy atom. The van der Waals surface area contributed by atoms with Gasteiger partial charge < -0.3 is 0 Å². The van der Waals surface area contributed by atoms with Crippen LogP contribution in [0.4, 0.5) is 17.6 Å². The number of hydrogen-bond acceptors (Lipinski definition) is 1. The third kappa shape index (κ3) is 3.20. The maximum absolute atomic E-state index is 12.9. The molecule has 0 unspecified atom stereocenters. The summed E-state index contributed by atoms with van der Waals surface area (Å²) in [6.45, 7) is 0. The van der Waals surface area contributed by atoms with Gasteiger partial charge in [0.15, 0.2) is 0 Å². The van der Waals surface area contributed by atoms with Gasteiger partial charge in [-0.15, -0.1) is 0 Å². The van der Waals surface area contributed by atoms with Crippen molar-refractivity contribution in [1.82, 2.24) is 0 Å². The average Bonchev–Trinajstić information content (AvgIpc) is 2.08. The molecule has 0 atom stereocenters. The molecule has 1 aromatic carbocycles. The van der Waals surface area contributed by atoms with Crippen molar-refractivity contribution in [2.75, 3.05) is 0 Å². The molecule has 0 bridgehead atoms. The second kappa shape index (κ2) is 4.18. The van der Waals surface area contributed by atoms with Crippen molar-refractivity contribution in [3.8, 4) is 0 Å².